The summed E-state index contributed by atoms with van der Waals surface area (Å²) in [5.41, 5.74) is 3.91. The lowest BCUT2D eigenvalue weighted by molar-refractivity contribution is -0.117. The van der Waals surface area contributed by atoms with Gasteiger partial charge in [-0.15, -0.1) is 0 Å². The van der Waals surface area contributed by atoms with E-state index in [9.17, 15) is 10.1 Å². The Bertz CT molecular complexity index is 932. The fraction of sp³-hybridized carbons (Fsp3) is 0.318. The number of nitrogens with one attached hydrogen (secondary N) is 2. The minimum atomic E-state index is -0.394. The summed E-state index contributed by atoms with van der Waals surface area (Å²) in [6, 6.07) is 11.9. The molecule has 5 nitrogen and oxygen atoms in total. The highest BCUT2D eigenvalue weighted by Crippen LogP contribution is 2.26. The summed E-state index contributed by atoms with van der Waals surface area (Å²) < 4.78 is 0.861. The van der Waals surface area contributed by atoms with Crippen LogP contribution in [0.2, 0.25) is 0 Å². The van der Waals surface area contributed by atoms with E-state index in [1.165, 1.54) is 30.2 Å². The summed E-state index contributed by atoms with van der Waals surface area (Å²) in [4.78, 5) is 16.8. The quantitative estimate of drug-likeness (QED) is 0.500. The van der Waals surface area contributed by atoms with Gasteiger partial charge in [-0.1, -0.05) is 41.1 Å². The Morgan fingerprint density at radius 1 is 1.29 bits per heavy atom. The maximum absolute atomic E-state index is 12.6. The summed E-state index contributed by atoms with van der Waals surface area (Å²) in [6.45, 7) is 2.03. The van der Waals surface area contributed by atoms with Gasteiger partial charge in [-0.05, 0) is 60.9 Å². The zero-order chi connectivity index (χ0) is 19.9. The first-order valence-corrected chi connectivity index (χ1v) is 10.3. The summed E-state index contributed by atoms with van der Waals surface area (Å²) in [5.74, 6) is 0.159. The molecule has 1 atom stereocenters. The Morgan fingerprint density at radius 2 is 2.07 bits per heavy atom. The number of benzene rings is 1. The number of pyridine rings is 1. The average Bonchev–Trinajstić information content (AvgIpc) is 2.72. The van der Waals surface area contributed by atoms with Gasteiger partial charge in [-0.3, -0.25) is 4.79 Å². The van der Waals surface area contributed by atoms with E-state index < -0.39 is 5.91 Å². The number of halogens is 1. The SMILES string of the molecule is CCC(NC(=O)/C(C#N)=C\Nc1cc(Br)ccn1)c1ccc2c(c1)CCCC2. The van der Waals surface area contributed by atoms with Gasteiger partial charge in [0.25, 0.3) is 5.91 Å². The number of hydrogen-bond acceptors (Lipinski definition) is 4. The van der Waals surface area contributed by atoms with E-state index in [1.54, 1.807) is 18.3 Å². The maximum atomic E-state index is 12.6. The molecule has 0 spiro atoms. The number of carbonyl (C=O) groups is 1. The average molecular weight is 439 g/mol. The van der Waals surface area contributed by atoms with Crippen molar-refractivity contribution >= 4 is 27.7 Å². The Morgan fingerprint density at radius 3 is 2.79 bits per heavy atom. The molecule has 3 rings (SSSR count). The summed E-state index contributed by atoms with van der Waals surface area (Å²) in [5, 5.41) is 15.3. The first-order valence-electron chi connectivity index (χ1n) is 9.51. The smallest absolute Gasteiger partial charge is 0.263 e. The lowest BCUT2D eigenvalue weighted by Crippen LogP contribution is -2.29. The van der Waals surface area contributed by atoms with Crippen LogP contribution in [0, 0.1) is 11.3 Å². The van der Waals surface area contributed by atoms with Crippen LogP contribution in [0.25, 0.3) is 0 Å². The number of aromatic nitrogens is 1. The molecule has 0 fully saturated rings. The molecular formula is C22H23BrN4O. The highest BCUT2D eigenvalue weighted by Gasteiger charge is 2.18. The van der Waals surface area contributed by atoms with E-state index in [1.807, 2.05) is 13.0 Å². The fourth-order valence-corrected chi connectivity index (χ4v) is 3.74. The molecule has 1 amide bonds. The maximum Gasteiger partial charge on any atom is 0.263 e. The van der Waals surface area contributed by atoms with E-state index in [0.29, 0.717) is 5.82 Å². The Labute approximate surface area is 174 Å². The number of nitriles is 1. The van der Waals surface area contributed by atoms with Crippen LogP contribution in [-0.2, 0) is 17.6 Å². The van der Waals surface area contributed by atoms with Crippen LogP contribution in [0.15, 0.2) is 52.8 Å². The number of amides is 1. The van der Waals surface area contributed by atoms with Gasteiger partial charge in [-0.2, -0.15) is 5.26 Å². The predicted molar refractivity (Wildman–Crippen MR) is 114 cm³/mol. The van der Waals surface area contributed by atoms with Crippen molar-refractivity contribution in [2.75, 3.05) is 5.32 Å². The first kappa shape index (κ1) is 20.1. The molecule has 144 valence electrons. The summed E-state index contributed by atoms with van der Waals surface area (Å²) in [7, 11) is 0. The number of rotatable bonds is 6. The third-order valence-electron chi connectivity index (χ3n) is 4.94. The van der Waals surface area contributed by atoms with Gasteiger partial charge in [0.2, 0.25) is 0 Å². The second-order valence-corrected chi connectivity index (χ2v) is 7.76. The number of carbonyl (C=O) groups excluding carboxylic acids is 1. The lowest BCUT2D eigenvalue weighted by Gasteiger charge is -2.21. The fourth-order valence-electron chi connectivity index (χ4n) is 3.41. The van der Waals surface area contributed by atoms with Crippen molar-refractivity contribution in [3.05, 3.63) is 69.5 Å². The number of aryl methyl sites for hydroxylation is 2. The topological polar surface area (TPSA) is 77.8 Å². The highest BCUT2D eigenvalue weighted by atomic mass is 79.9. The van der Waals surface area contributed by atoms with E-state index in [2.05, 4.69) is 49.7 Å². The Kier molecular flexibility index (Phi) is 6.83. The molecule has 2 aromatic rings. The number of fused-ring (bicyclic) bond motifs is 1. The van der Waals surface area contributed by atoms with Crippen molar-refractivity contribution < 1.29 is 4.79 Å². The van der Waals surface area contributed by atoms with Gasteiger partial charge >= 0.3 is 0 Å². The van der Waals surface area contributed by atoms with Gasteiger partial charge in [0.15, 0.2) is 0 Å². The van der Waals surface area contributed by atoms with Crippen molar-refractivity contribution in [1.29, 1.82) is 5.26 Å². The van der Waals surface area contributed by atoms with E-state index in [4.69, 9.17) is 0 Å². The molecule has 1 heterocycles. The van der Waals surface area contributed by atoms with Crippen LogP contribution in [0.4, 0.5) is 5.82 Å². The van der Waals surface area contributed by atoms with Crippen molar-refractivity contribution in [2.45, 2.75) is 45.1 Å². The molecule has 0 radical (unpaired) electrons. The first-order chi connectivity index (χ1) is 13.6. The van der Waals surface area contributed by atoms with E-state index >= 15 is 0 Å². The molecule has 28 heavy (non-hydrogen) atoms. The van der Waals surface area contributed by atoms with Gasteiger partial charge < -0.3 is 10.6 Å². The minimum absolute atomic E-state index is 0.0122. The molecule has 1 aliphatic carbocycles. The second kappa shape index (κ2) is 9.52. The van der Waals surface area contributed by atoms with E-state index in [0.717, 1.165) is 29.3 Å². The molecule has 6 heteroatoms. The molecule has 0 saturated carbocycles. The largest absolute Gasteiger partial charge is 0.345 e. The predicted octanol–water partition coefficient (Wildman–Crippen LogP) is 4.81. The number of nitrogens with zero attached hydrogens (tertiary/aromatic N) is 2. The number of hydrogen-bond donors (Lipinski definition) is 2. The van der Waals surface area contributed by atoms with Crippen LogP contribution in [0.1, 0.15) is 48.9 Å². The Balaban J connectivity index is 1.71. The lowest BCUT2D eigenvalue weighted by atomic mass is 9.88. The molecule has 0 bridgehead atoms. The highest BCUT2D eigenvalue weighted by molar-refractivity contribution is 9.10. The number of anilines is 1. The van der Waals surface area contributed by atoms with Crippen molar-refractivity contribution in [1.82, 2.24) is 10.3 Å². The zero-order valence-electron chi connectivity index (χ0n) is 15.8. The second-order valence-electron chi connectivity index (χ2n) is 6.84. The molecule has 0 aliphatic heterocycles. The summed E-state index contributed by atoms with van der Waals surface area (Å²) >= 11 is 3.36. The van der Waals surface area contributed by atoms with Gasteiger partial charge in [0, 0.05) is 16.9 Å². The molecule has 2 N–H and O–H groups in total. The molecular weight excluding hydrogens is 416 g/mol. The van der Waals surface area contributed by atoms with Gasteiger partial charge in [0.05, 0.1) is 6.04 Å². The Hall–Kier alpha value is -2.65. The van der Waals surface area contributed by atoms with Crippen molar-refractivity contribution in [3.63, 3.8) is 0 Å². The van der Waals surface area contributed by atoms with Crippen LogP contribution in [-0.4, -0.2) is 10.9 Å². The van der Waals surface area contributed by atoms with Crippen molar-refractivity contribution in [2.24, 2.45) is 0 Å². The third kappa shape index (κ3) is 4.99. The van der Waals surface area contributed by atoms with Gasteiger partial charge in [0.1, 0.15) is 17.5 Å². The minimum Gasteiger partial charge on any atom is -0.345 e. The van der Waals surface area contributed by atoms with E-state index in [-0.39, 0.29) is 11.6 Å². The molecule has 1 aliphatic rings. The normalized spacial score (nSPS) is 14.5. The molecule has 1 aromatic heterocycles. The summed E-state index contributed by atoms with van der Waals surface area (Å²) in [6.07, 6.45) is 8.48. The zero-order valence-corrected chi connectivity index (χ0v) is 17.4. The molecule has 1 aromatic carbocycles. The van der Waals surface area contributed by atoms with Crippen molar-refractivity contribution in [3.8, 4) is 6.07 Å². The van der Waals surface area contributed by atoms with Crippen LogP contribution in [0.3, 0.4) is 0 Å². The van der Waals surface area contributed by atoms with Crippen LogP contribution < -0.4 is 10.6 Å². The third-order valence-corrected chi connectivity index (χ3v) is 5.43. The standard InChI is InChI=1S/C22H23BrN4O/c1-2-20(17-8-7-15-5-3-4-6-16(15)11-17)27-22(28)18(13-24)14-26-21-12-19(23)9-10-25-21/h7-12,14,20H,2-6H2,1H3,(H,25,26)(H,27,28)/b18-14-. The monoisotopic (exact) mass is 438 g/mol. The van der Waals surface area contributed by atoms with Crippen LogP contribution in [0.5, 0.6) is 0 Å². The van der Waals surface area contributed by atoms with Gasteiger partial charge in [-0.25, -0.2) is 4.98 Å². The molecule has 0 saturated heterocycles. The van der Waals surface area contributed by atoms with Crippen LogP contribution >= 0.6 is 15.9 Å². The molecule has 1 unspecified atom stereocenters.